The van der Waals surface area contributed by atoms with Gasteiger partial charge in [0.1, 0.15) is 5.75 Å². The second-order valence-electron chi connectivity index (χ2n) is 4.24. The summed E-state index contributed by atoms with van der Waals surface area (Å²) in [5, 5.41) is 10.0. The van der Waals surface area contributed by atoms with E-state index in [0.29, 0.717) is 17.7 Å². The van der Waals surface area contributed by atoms with E-state index in [2.05, 4.69) is 0 Å². The van der Waals surface area contributed by atoms with Gasteiger partial charge in [-0.1, -0.05) is 18.2 Å². The molecule has 0 aromatic heterocycles. The van der Waals surface area contributed by atoms with E-state index in [9.17, 15) is 13.9 Å². The highest BCUT2D eigenvalue weighted by atomic mass is 19.2. The quantitative estimate of drug-likeness (QED) is 0.918. The van der Waals surface area contributed by atoms with E-state index in [0.717, 1.165) is 17.7 Å². The molecule has 4 heteroatoms. The van der Waals surface area contributed by atoms with E-state index in [1.807, 2.05) is 12.1 Å². The van der Waals surface area contributed by atoms with Gasteiger partial charge in [-0.3, -0.25) is 0 Å². The lowest BCUT2D eigenvalue weighted by Crippen LogP contribution is -2.03. The Kier molecular flexibility index (Phi) is 4.12. The van der Waals surface area contributed by atoms with Gasteiger partial charge in [-0.05, 0) is 35.4 Å². The van der Waals surface area contributed by atoms with Gasteiger partial charge in [0, 0.05) is 6.42 Å². The van der Waals surface area contributed by atoms with E-state index in [1.165, 1.54) is 6.07 Å². The molecule has 2 aromatic rings. The highest BCUT2D eigenvalue weighted by molar-refractivity contribution is 5.30. The first-order chi connectivity index (χ1) is 9.10. The third-order valence-electron chi connectivity index (χ3n) is 2.89. The molecule has 0 bridgehead atoms. The van der Waals surface area contributed by atoms with Crippen LogP contribution < -0.4 is 4.74 Å². The number of halogens is 2. The number of aliphatic hydroxyl groups is 1. The minimum Gasteiger partial charge on any atom is -0.497 e. The summed E-state index contributed by atoms with van der Waals surface area (Å²) < 4.78 is 31.0. The third-order valence-corrected chi connectivity index (χ3v) is 2.89. The maximum Gasteiger partial charge on any atom is 0.159 e. The minimum absolute atomic E-state index is 0.308. The molecule has 0 amide bonds. The summed E-state index contributed by atoms with van der Waals surface area (Å²) in [7, 11) is 1.56. The normalized spacial score (nSPS) is 12.2. The summed E-state index contributed by atoms with van der Waals surface area (Å²) >= 11 is 0. The van der Waals surface area contributed by atoms with Crippen LogP contribution in [0.15, 0.2) is 42.5 Å². The number of aliphatic hydroxyl groups excluding tert-OH is 1. The molecule has 0 heterocycles. The molecular formula is C15H14F2O2. The van der Waals surface area contributed by atoms with Crippen molar-refractivity contribution in [3.63, 3.8) is 0 Å². The number of ether oxygens (including phenoxy) is 1. The molecular weight excluding hydrogens is 250 g/mol. The van der Waals surface area contributed by atoms with Crippen molar-refractivity contribution in [2.75, 3.05) is 7.11 Å². The second kappa shape index (κ2) is 5.80. The molecule has 2 rings (SSSR count). The predicted molar refractivity (Wildman–Crippen MR) is 68.0 cm³/mol. The van der Waals surface area contributed by atoms with Gasteiger partial charge in [-0.15, -0.1) is 0 Å². The van der Waals surface area contributed by atoms with Crippen molar-refractivity contribution in [3.05, 3.63) is 65.2 Å². The molecule has 1 atom stereocenters. The van der Waals surface area contributed by atoms with Gasteiger partial charge in [0.15, 0.2) is 11.6 Å². The molecule has 0 fully saturated rings. The second-order valence-corrected chi connectivity index (χ2v) is 4.24. The molecule has 100 valence electrons. The lowest BCUT2D eigenvalue weighted by molar-refractivity contribution is 0.177. The van der Waals surface area contributed by atoms with Crippen LogP contribution in [0.1, 0.15) is 17.2 Å². The van der Waals surface area contributed by atoms with Crippen molar-refractivity contribution in [3.8, 4) is 5.75 Å². The van der Waals surface area contributed by atoms with E-state index in [4.69, 9.17) is 4.74 Å². The van der Waals surface area contributed by atoms with E-state index < -0.39 is 17.7 Å². The summed E-state index contributed by atoms with van der Waals surface area (Å²) in [4.78, 5) is 0. The minimum atomic E-state index is -0.956. The average molecular weight is 264 g/mol. The zero-order valence-electron chi connectivity index (χ0n) is 10.4. The monoisotopic (exact) mass is 264 g/mol. The van der Waals surface area contributed by atoms with Crippen LogP contribution in [0, 0.1) is 11.6 Å². The molecule has 0 aliphatic carbocycles. The Hall–Kier alpha value is -1.94. The van der Waals surface area contributed by atoms with Crippen molar-refractivity contribution in [1.29, 1.82) is 0 Å². The van der Waals surface area contributed by atoms with Crippen LogP contribution in [-0.2, 0) is 6.42 Å². The molecule has 0 radical (unpaired) electrons. The topological polar surface area (TPSA) is 29.5 Å². The molecule has 1 unspecified atom stereocenters. The number of benzene rings is 2. The van der Waals surface area contributed by atoms with Gasteiger partial charge >= 0.3 is 0 Å². The highest BCUT2D eigenvalue weighted by Gasteiger charge is 2.12. The van der Waals surface area contributed by atoms with E-state index in [1.54, 1.807) is 19.2 Å². The van der Waals surface area contributed by atoms with Crippen LogP contribution >= 0.6 is 0 Å². The summed E-state index contributed by atoms with van der Waals surface area (Å²) in [6, 6.07) is 10.6. The van der Waals surface area contributed by atoms with Gasteiger partial charge in [-0.25, -0.2) is 8.78 Å². The Morgan fingerprint density at radius 1 is 1.11 bits per heavy atom. The van der Waals surface area contributed by atoms with Gasteiger partial charge in [0.05, 0.1) is 13.2 Å². The molecule has 0 aliphatic heterocycles. The molecule has 1 N–H and O–H groups in total. The van der Waals surface area contributed by atoms with E-state index in [-0.39, 0.29) is 0 Å². The summed E-state index contributed by atoms with van der Waals surface area (Å²) in [5.74, 6) is -1.19. The van der Waals surface area contributed by atoms with Gasteiger partial charge in [0.2, 0.25) is 0 Å². The van der Waals surface area contributed by atoms with Crippen molar-refractivity contribution >= 4 is 0 Å². The number of hydrogen-bond donors (Lipinski definition) is 1. The summed E-state index contributed by atoms with van der Waals surface area (Å²) in [5.41, 5.74) is 1.21. The van der Waals surface area contributed by atoms with Crippen molar-refractivity contribution < 1.29 is 18.6 Å². The Morgan fingerprint density at radius 2 is 1.89 bits per heavy atom. The van der Waals surface area contributed by atoms with Crippen LogP contribution in [0.4, 0.5) is 8.78 Å². The van der Waals surface area contributed by atoms with Crippen LogP contribution in [0.25, 0.3) is 0 Å². The van der Waals surface area contributed by atoms with Crippen LogP contribution in [0.3, 0.4) is 0 Å². The summed E-state index contributed by atoms with van der Waals surface area (Å²) in [6.45, 7) is 0. The first-order valence-corrected chi connectivity index (χ1v) is 5.86. The Bertz CT molecular complexity index is 570. The lowest BCUT2D eigenvalue weighted by atomic mass is 10.0. The molecule has 19 heavy (non-hydrogen) atoms. The van der Waals surface area contributed by atoms with Gasteiger partial charge < -0.3 is 9.84 Å². The molecule has 0 saturated heterocycles. The Labute approximate surface area is 110 Å². The fourth-order valence-electron chi connectivity index (χ4n) is 1.86. The Balaban J connectivity index is 2.15. The smallest absolute Gasteiger partial charge is 0.159 e. The molecule has 2 aromatic carbocycles. The largest absolute Gasteiger partial charge is 0.497 e. The number of rotatable bonds is 4. The fraction of sp³-hybridized carbons (Fsp3) is 0.200. The average Bonchev–Trinajstić information content (AvgIpc) is 2.42. The van der Waals surface area contributed by atoms with Crippen molar-refractivity contribution in [2.45, 2.75) is 12.5 Å². The summed E-state index contributed by atoms with van der Waals surface area (Å²) in [6.07, 6.45) is -0.579. The predicted octanol–water partition coefficient (Wildman–Crippen LogP) is 3.25. The van der Waals surface area contributed by atoms with Crippen molar-refractivity contribution in [1.82, 2.24) is 0 Å². The van der Waals surface area contributed by atoms with Gasteiger partial charge in [0.25, 0.3) is 0 Å². The zero-order chi connectivity index (χ0) is 13.8. The van der Waals surface area contributed by atoms with Crippen molar-refractivity contribution in [2.24, 2.45) is 0 Å². The standard InChI is InChI=1S/C15H14F2O2/c1-19-12-4-2-3-10(7-12)8-15(18)11-5-6-13(16)14(17)9-11/h2-7,9,15,18H,8H2,1H3. The molecule has 0 aliphatic rings. The first-order valence-electron chi connectivity index (χ1n) is 5.86. The molecule has 2 nitrogen and oxygen atoms in total. The third kappa shape index (κ3) is 3.29. The lowest BCUT2D eigenvalue weighted by Gasteiger charge is -2.12. The van der Waals surface area contributed by atoms with Crippen LogP contribution in [-0.4, -0.2) is 12.2 Å². The zero-order valence-corrected chi connectivity index (χ0v) is 10.4. The fourth-order valence-corrected chi connectivity index (χ4v) is 1.86. The van der Waals surface area contributed by atoms with Crippen LogP contribution in [0.5, 0.6) is 5.75 Å². The first kappa shape index (κ1) is 13.5. The maximum atomic E-state index is 13.1. The molecule has 0 saturated carbocycles. The maximum absolute atomic E-state index is 13.1. The van der Waals surface area contributed by atoms with Gasteiger partial charge in [-0.2, -0.15) is 0 Å². The van der Waals surface area contributed by atoms with E-state index >= 15 is 0 Å². The number of methoxy groups -OCH3 is 1. The number of hydrogen-bond acceptors (Lipinski definition) is 2. The van der Waals surface area contributed by atoms with Crippen LogP contribution in [0.2, 0.25) is 0 Å². The highest BCUT2D eigenvalue weighted by Crippen LogP contribution is 2.22. The molecule has 0 spiro atoms. The SMILES string of the molecule is COc1cccc(CC(O)c2ccc(F)c(F)c2)c1. The Morgan fingerprint density at radius 3 is 2.58 bits per heavy atom.